The Hall–Kier alpha value is -2.15. The third-order valence-corrected chi connectivity index (χ3v) is 5.27. The van der Waals surface area contributed by atoms with Crippen LogP contribution in [0.1, 0.15) is 40.2 Å². The van der Waals surface area contributed by atoms with Crippen molar-refractivity contribution >= 4 is 17.6 Å². The lowest BCUT2D eigenvalue weighted by molar-refractivity contribution is -0.207. The van der Waals surface area contributed by atoms with Gasteiger partial charge in [0.25, 0.3) is 0 Å². The zero-order valence-corrected chi connectivity index (χ0v) is 19.8. The van der Waals surface area contributed by atoms with Crippen molar-refractivity contribution in [3.05, 3.63) is 47.1 Å². The molecular weight excluding hydrogens is 414 g/mol. The van der Waals surface area contributed by atoms with Gasteiger partial charge in [-0.3, -0.25) is 4.90 Å². The van der Waals surface area contributed by atoms with Crippen molar-refractivity contribution < 1.29 is 14.4 Å². The van der Waals surface area contributed by atoms with Crippen LogP contribution in [0.5, 0.6) is 5.88 Å². The number of rotatable bonds is 6. The van der Waals surface area contributed by atoms with E-state index in [-0.39, 0.29) is 12.1 Å². The number of hydrogen-bond donors (Lipinski definition) is 0. The summed E-state index contributed by atoms with van der Waals surface area (Å²) in [5.74, 6) is 0.415. The van der Waals surface area contributed by atoms with Crippen molar-refractivity contribution in [1.82, 2.24) is 14.9 Å². The molecule has 0 radical (unpaired) electrons. The largest absolute Gasteiger partial charge is 0.475 e. The van der Waals surface area contributed by atoms with Gasteiger partial charge in [-0.1, -0.05) is 23.7 Å². The van der Waals surface area contributed by atoms with Crippen molar-refractivity contribution in [2.45, 2.75) is 47.3 Å². The first-order valence-electron chi connectivity index (χ1n) is 10.7. The highest BCUT2D eigenvalue weighted by atomic mass is 35.5. The molecule has 0 amide bonds. The molecule has 6 nitrogen and oxygen atoms in total. The molecule has 1 aliphatic rings. The Morgan fingerprint density at radius 2 is 1.77 bits per heavy atom. The van der Waals surface area contributed by atoms with Crippen LogP contribution in [0.25, 0.3) is 11.1 Å². The summed E-state index contributed by atoms with van der Waals surface area (Å²) >= 11 is 6.09. The van der Waals surface area contributed by atoms with Gasteiger partial charge in [0.05, 0.1) is 11.5 Å². The first-order valence-corrected chi connectivity index (χ1v) is 11.1. The SMILES string of the molecule is CC(C)Oc1cc(-c2ccc(Cl)cc2)c(CN2CCN(OC(=O)C(C)(C)C)CC2)cn1. The summed E-state index contributed by atoms with van der Waals surface area (Å²) in [6.45, 7) is 13.3. The van der Waals surface area contributed by atoms with E-state index < -0.39 is 5.41 Å². The number of hydrogen-bond acceptors (Lipinski definition) is 6. The van der Waals surface area contributed by atoms with Crippen molar-refractivity contribution in [2.24, 2.45) is 5.41 Å². The zero-order chi connectivity index (χ0) is 22.6. The van der Waals surface area contributed by atoms with E-state index in [4.69, 9.17) is 21.2 Å². The third kappa shape index (κ3) is 6.66. The molecule has 1 aromatic carbocycles. The average Bonchev–Trinajstić information content (AvgIpc) is 2.70. The highest BCUT2D eigenvalue weighted by Gasteiger charge is 2.28. The van der Waals surface area contributed by atoms with Gasteiger partial charge in [-0.15, -0.1) is 5.06 Å². The van der Waals surface area contributed by atoms with Crippen molar-refractivity contribution in [1.29, 1.82) is 0 Å². The van der Waals surface area contributed by atoms with Crippen LogP contribution in [-0.4, -0.2) is 53.2 Å². The summed E-state index contributed by atoms with van der Waals surface area (Å²) in [7, 11) is 0. The number of halogens is 1. The van der Waals surface area contributed by atoms with Crippen LogP contribution in [0, 0.1) is 5.41 Å². The van der Waals surface area contributed by atoms with E-state index in [1.807, 2.05) is 71.1 Å². The number of nitrogens with zero attached hydrogens (tertiary/aromatic N) is 3. The summed E-state index contributed by atoms with van der Waals surface area (Å²) < 4.78 is 5.82. The Labute approximate surface area is 190 Å². The van der Waals surface area contributed by atoms with Gasteiger partial charge in [-0.25, -0.2) is 9.78 Å². The van der Waals surface area contributed by atoms with E-state index in [0.717, 1.165) is 36.3 Å². The molecule has 3 rings (SSSR count). The minimum atomic E-state index is -0.504. The predicted octanol–water partition coefficient (Wildman–Crippen LogP) is 4.81. The number of piperazine rings is 1. The Kier molecular flexibility index (Phi) is 7.57. The van der Waals surface area contributed by atoms with E-state index in [2.05, 4.69) is 9.88 Å². The standard InChI is InChI=1S/C24H32ClN3O3/c1-17(2)30-22-14-21(18-6-8-20(25)9-7-18)19(15-26-22)16-27-10-12-28(13-11-27)31-23(29)24(3,4)5/h6-9,14-15,17H,10-13,16H2,1-5H3. The molecule has 0 unspecified atom stereocenters. The molecule has 0 atom stereocenters. The van der Waals surface area contributed by atoms with Gasteiger partial charge in [0.1, 0.15) is 0 Å². The monoisotopic (exact) mass is 445 g/mol. The molecule has 1 aliphatic heterocycles. The molecule has 2 heterocycles. The second-order valence-corrected chi connectivity index (χ2v) is 9.62. The summed E-state index contributed by atoms with van der Waals surface area (Å²) in [6, 6.07) is 9.83. The second kappa shape index (κ2) is 9.98. The zero-order valence-electron chi connectivity index (χ0n) is 19.0. The van der Waals surface area contributed by atoms with Gasteiger partial charge in [-0.2, -0.15) is 0 Å². The van der Waals surface area contributed by atoms with Gasteiger partial charge in [-0.05, 0) is 63.4 Å². The van der Waals surface area contributed by atoms with Crippen LogP contribution < -0.4 is 4.74 Å². The average molecular weight is 446 g/mol. The van der Waals surface area contributed by atoms with Crippen molar-refractivity contribution in [3.8, 4) is 17.0 Å². The quantitative estimate of drug-likeness (QED) is 0.635. The lowest BCUT2D eigenvalue weighted by Crippen LogP contribution is -2.47. The number of carbonyl (C=O) groups excluding carboxylic acids is 1. The van der Waals surface area contributed by atoms with Gasteiger partial charge in [0, 0.05) is 50.0 Å². The van der Waals surface area contributed by atoms with Crippen LogP contribution in [0.15, 0.2) is 36.5 Å². The summed E-state index contributed by atoms with van der Waals surface area (Å²) in [4.78, 5) is 24.5. The molecule has 0 saturated carbocycles. The number of ether oxygens (including phenoxy) is 1. The van der Waals surface area contributed by atoms with Gasteiger partial charge < -0.3 is 9.57 Å². The molecule has 0 aliphatic carbocycles. The molecule has 1 fully saturated rings. The lowest BCUT2D eigenvalue weighted by Gasteiger charge is -2.34. The first-order chi connectivity index (χ1) is 14.6. The minimum Gasteiger partial charge on any atom is -0.475 e. The Bertz CT molecular complexity index is 886. The van der Waals surface area contributed by atoms with E-state index in [1.165, 1.54) is 0 Å². The number of aromatic nitrogens is 1. The topological polar surface area (TPSA) is 54.9 Å². The Morgan fingerprint density at radius 3 is 2.35 bits per heavy atom. The first kappa shape index (κ1) is 23.5. The number of benzene rings is 1. The molecule has 168 valence electrons. The smallest absolute Gasteiger partial charge is 0.330 e. The van der Waals surface area contributed by atoms with Crippen LogP contribution in [0.3, 0.4) is 0 Å². The molecule has 7 heteroatoms. The molecule has 1 saturated heterocycles. The molecule has 1 aromatic heterocycles. The number of pyridine rings is 1. The normalized spacial score (nSPS) is 15.8. The van der Waals surface area contributed by atoms with Crippen LogP contribution in [0.4, 0.5) is 0 Å². The molecule has 0 N–H and O–H groups in total. The Morgan fingerprint density at radius 1 is 1.13 bits per heavy atom. The molecule has 0 bridgehead atoms. The molecular formula is C24H32ClN3O3. The van der Waals surface area contributed by atoms with E-state index >= 15 is 0 Å². The summed E-state index contributed by atoms with van der Waals surface area (Å²) in [5.41, 5.74) is 2.78. The molecule has 0 spiro atoms. The van der Waals surface area contributed by atoms with Gasteiger partial charge in [0.2, 0.25) is 5.88 Å². The lowest BCUT2D eigenvalue weighted by atomic mass is 9.98. The maximum atomic E-state index is 12.1. The van der Waals surface area contributed by atoms with Crippen molar-refractivity contribution in [3.63, 3.8) is 0 Å². The van der Waals surface area contributed by atoms with Crippen LogP contribution in [0.2, 0.25) is 5.02 Å². The number of carbonyl (C=O) groups is 1. The molecule has 31 heavy (non-hydrogen) atoms. The Balaban J connectivity index is 1.71. The van der Waals surface area contributed by atoms with E-state index in [9.17, 15) is 4.79 Å². The van der Waals surface area contributed by atoms with E-state index in [1.54, 1.807) is 5.06 Å². The summed E-state index contributed by atoms with van der Waals surface area (Å²) in [6.07, 6.45) is 1.95. The fourth-order valence-corrected chi connectivity index (χ4v) is 3.39. The van der Waals surface area contributed by atoms with Gasteiger partial charge >= 0.3 is 5.97 Å². The maximum Gasteiger partial charge on any atom is 0.330 e. The van der Waals surface area contributed by atoms with E-state index in [0.29, 0.717) is 24.0 Å². The maximum absolute atomic E-state index is 12.1. The summed E-state index contributed by atoms with van der Waals surface area (Å²) in [5, 5.41) is 2.47. The van der Waals surface area contributed by atoms with Gasteiger partial charge in [0.15, 0.2) is 0 Å². The highest BCUT2D eigenvalue weighted by molar-refractivity contribution is 6.30. The minimum absolute atomic E-state index is 0.0558. The van der Waals surface area contributed by atoms with Crippen LogP contribution >= 0.6 is 11.6 Å². The third-order valence-electron chi connectivity index (χ3n) is 5.02. The second-order valence-electron chi connectivity index (χ2n) is 9.19. The van der Waals surface area contributed by atoms with Crippen molar-refractivity contribution in [2.75, 3.05) is 26.2 Å². The molecule has 2 aromatic rings. The fourth-order valence-electron chi connectivity index (χ4n) is 3.27. The van der Waals surface area contributed by atoms with Crippen LogP contribution in [-0.2, 0) is 16.2 Å². The fraction of sp³-hybridized carbons (Fsp3) is 0.500. The predicted molar refractivity (Wildman–Crippen MR) is 123 cm³/mol. The number of hydroxylamine groups is 2. The highest BCUT2D eigenvalue weighted by Crippen LogP contribution is 2.29.